The lowest BCUT2D eigenvalue weighted by Crippen LogP contribution is -2.29. The second kappa shape index (κ2) is 12.9. The third-order valence-corrected chi connectivity index (χ3v) is 2.83. The highest BCUT2D eigenvalue weighted by Gasteiger charge is 2.07. The summed E-state index contributed by atoms with van der Waals surface area (Å²) in [6, 6.07) is 0. The molecule has 1 atom stereocenters. The maximum absolute atomic E-state index is 11.4. The van der Waals surface area contributed by atoms with Gasteiger partial charge in [-0.05, 0) is 19.3 Å². The van der Waals surface area contributed by atoms with E-state index < -0.39 is 0 Å². The van der Waals surface area contributed by atoms with Crippen molar-refractivity contribution >= 4 is 11.8 Å². The number of carbonyl (C=O) groups excluding carboxylic acids is 2. The van der Waals surface area contributed by atoms with E-state index in [0.717, 1.165) is 32.3 Å². The van der Waals surface area contributed by atoms with E-state index in [1.54, 1.807) is 0 Å². The highest BCUT2D eigenvalue weighted by atomic mass is 16.5. The maximum Gasteiger partial charge on any atom is 0.245 e. The molecule has 0 heterocycles. The van der Waals surface area contributed by atoms with Crippen molar-refractivity contribution < 1.29 is 19.1 Å². The first-order chi connectivity index (χ1) is 9.57. The first-order valence-corrected chi connectivity index (χ1v) is 7.29. The van der Waals surface area contributed by atoms with Crippen LogP contribution in [0.4, 0.5) is 0 Å². The van der Waals surface area contributed by atoms with Gasteiger partial charge in [-0.3, -0.25) is 9.59 Å². The third kappa shape index (κ3) is 11.9. The smallest absolute Gasteiger partial charge is 0.245 e. The van der Waals surface area contributed by atoms with Crippen LogP contribution in [-0.4, -0.2) is 44.8 Å². The molecular formula is C14H28N2O4. The molecule has 6 heteroatoms. The molecule has 0 aliphatic rings. The van der Waals surface area contributed by atoms with Crippen LogP contribution in [-0.2, 0) is 19.1 Å². The zero-order valence-electron chi connectivity index (χ0n) is 12.7. The Morgan fingerprint density at radius 1 is 1.15 bits per heavy atom. The van der Waals surface area contributed by atoms with Crippen molar-refractivity contribution in [1.29, 1.82) is 0 Å². The number of nitrogens with two attached hydrogens (primary N) is 1. The first kappa shape index (κ1) is 18.9. The fourth-order valence-electron chi connectivity index (χ4n) is 1.53. The number of rotatable bonds is 13. The van der Waals surface area contributed by atoms with Gasteiger partial charge in [0, 0.05) is 19.1 Å². The van der Waals surface area contributed by atoms with Crippen molar-refractivity contribution in [3.8, 4) is 0 Å². The normalized spacial score (nSPS) is 12.1. The van der Waals surface area contributed by atoms with Crippen LogP contribution >= 0.6 is 0 Å². The van der Waals surface area contributed by atoms with Gasteiger partial charge in [0.25, 0.3) is 0 Å². The molecule has 0 fully saturated rings. The topological polar surface area (TPSA) is 90.7 Å². The number of unbranched alkanes of at least 4 members (excludes halogenated alkanes) is 1. The molecule has 0 saturated heterocycles. The molecule has 0 aromatic heterocycles. The molecule has 0 spiro atoms. The van der Waals surface area contributed by atoms with Crippen molar-refractivity contribution in [2.45, 2.75) is 39.5 Å². The number of carbonyl (C=O) groups is 2. The average molecular weight is 288 g/mol. The Balaban J connectivity index is 3.30. The Bertz CT molecular complexity index is 272. The second-order valence-corrected chi connectivity index (χ2v) is 4.81. The van der Waals surface area contributed by atoms with Crippen LogP contribution in [0.5, 0.6) is 0 Å². The number of amides is 2. The Hall–Kier alpha value is -1.14. The van der Waals surface area contributed by atoms with E-state index in [9.17, 15) is 9.59 Å². The fourth-order valence-corrected chi connectivity index (χ4v) is 1.53. The van der Waals surface area contributed by atoms with Gasteiger partial charge in [-0.25, -0.2) is 0 Å². The molecule has 0 aromatic rings. The molecule has 6 nitrogen and oxygen atoms in total. The van der Waals surface area contributed by atoms with Crippen LogP contribution < -0.4 is 11.1 Å². The summed E-state index contributed by atoms with van der Waals surface area (Å²) >= 11 is 0. The van der Waals surface area contributed by atoms with E-state index >= 15 is 0 Å². The molecular weight excluding hydrogens is 260 g/mol. The lowest BCUT2D eigenvalue weighted by atomic mass is 10.0. The zero-order valence-corrected chi connectivity index (χ0v) is 12.7. The molecule has 20 heavy (non-hydrogen) atoms. The Morgan fingerprint density at radius 2 is 1.85 bits per heavy atom. The third-order valence-electron chi connectivity index (χ3n) is 2.83. The number of hydrogen-bond donors (Lipinski definition) is 2. The Kier molecular flexibility index (Phi) is 12.1. The molecule has 0 saturated carbocycles. The Labute approximate surface area is 121 Å². The van der Waals surface area contributed by atoms with Gasteiger partial charge < -0.3 is 20.5 Å². The van der Waals surface area contributed by atoms with Crippen molar-refractivity contribution in [3.05, 3.63) is 0 Å². The minimum atomic E-state index is -0.271. The summed E-state index contributed by atoms with van der Waals surface area (Å²) < 4.78 is 10.4. The highest BCUT2D eigenvalue weighted by Crippen LogP contribution is 2.05. The average Bonchev–Trinajstić information content (AvgIpc) is 2.41. The van der Waals surface area contributed by atoms with E-state index in [-0.39, 0.29) is 24.3 Å². The van der Waals surface area contributed by atoms with Crippen molar-refractivity contribution in [2.75, 3.05) is 33.0 Å². The van der Waals surface area contributed by atoms with Gasteiger partial charge in [0.2, 0.25) is 11.8 Å². The summed E-state index contributed by atoms with van der Waals surface area (Å²) in [7, 11) is 0. The molecule has 0 aromatic carbocycles. The summed E-state index contributed by atoms with van der Waals surface area (Å²) in [6.45, 7) is 6.19. The fraction of sp³-hybridized carbons (Fsp3) is 0.857. The van der Waals surface area contributed by atoms with Gasteiger partial charge in [-0.1, -0.05) is 20.3 Å². The van der Waals surface area contributed by atoms with Crippen LogP contribution in [0.1, 0.15) is 39.5 Å². The summed E-state index contributed by atoms with van der Waals surface area (Å²) in [6.07, 6.45) is 3.45. The van der Waals surface area contributed by atoms with Crippen LogP contribution in [0.15, 0.2) is 0 Å². The van der Waals surface area contributed by atoms with Crippen molar-refractivity contribution in [1.82, 2.24) is 5.32 Å². The van der Waals surface area contributed by atoms with Gasteiger partial charge in [-0.15, -0.1) is 0 Å². The highest BCUT2D eigenvalue weighted by molar-refractivity contribution is 5.77. The number of hydrogen-bond acceptors (Lipinski definition) is 4. The number of nitrogens with one attached hydrogen (secondary N) is 1. The predicted octanol–water partition coefficient (Wildman–Crippen LogP) is 0.838. The van der Waals surface area contributed by atoms with Gasteiger partial charge in [0.1, 0.15) is 6.61 Å². The summed E-state index contributed by atoms with van der Waals surface area (Å²) in [4.78, 5) is 22.2. The lowest BCUT2D eigenvalue weighted by molar-refractivity contribution is -0.126. The molecule has 0 aliphatic carbocycles. The van der Waals surface area contributed by atoms with Gasteiger partial charge in [0.05, 0.1) is 13.2 Å². The molecule has 0 unspecified atom stereocenters. The predicted molar refractivity (Wildman–Crippen MR) is 77.1 cm³/mol. The van der Waals surface area contributed by atoms with Gasteiger partial charge in [-0.2, -0.15) is 0 Å². The molecule has 3 N–H and O–H groups in total. The first-order valence-electron chi connectivity index (χ1n) is 7.29. The maximum atomic E-state index is 11.4. The SMILES string of the molecule is CCCOCCOCC(=O)NCCCC[C@H](C)C(N)=O. The number of ether oxygens (including phenoxy) is 2. The van der Waals surface area contributed by atoms with Crippen molar-refractivity contribution in [3.63, 3.8) is 0 Å². The van der Waals surface area contributed by atoms with Crippen LogP contribution in [0.3, 0.4) is 0 Å². The van der Waals surface area contributed by atoms with Gasteiger partial charge >= 0.3 is 0 Å². The van der Waals surface area contributed by atoms with E-state index in [1.165, 1.54) is 0 Å². The van der Waals surface area contributed by atoms with Crippen LogP contribution in [0, 0.1) is 5.92 Å². The monoisotopic (exact) mass is 288 g/mol. The van der Waals surface area contributed by atoms with E-state index in [1.807, 2.05) is 13.8 Å². The lowest BCUT2D eigenvalue weighted by Gasteiger charge is -2.08. The quantitative estimate of drug-likeness (QED) is 0.491. The molecule has 0 aliphatic heterocycles. The molecule has 0 bridgehead atoms. The molecule has 118 valence electrons. The summed E-state index contributed by atoms with van der Waals surface area (Å²) in [5.74, 6) is -0.492. The van der Waals surface area contributed by atoms with E-state index in [2.05, 4.69) is 5.32 Å². The van der Waals surface area contributed by atoms with Crippen molar-refractivity contribution in [2.24, 2.45) is 11.7 Å². The molecule has 2 amide bonds. The van der Waals surface area contributed by atoms with Gasteiger partial charge in [0.15, 0.2) is 0 Å². The van der Waals surface area contributed by atoms with E-state index in [0.29, 0.717) is 19.8 Å². The second-order valence-electron chi connectivity index (χ2n) is 4.81. The molecule has 0 radical (unpaired) electrons. The largest absolute Gasteiger partial charge is 0.379 e. The van der Waals surface area contributed by atoms with E-state index in [4.69, 9.17) is 15.2 Å². The summed E-state index contributed by atoms with van der Waals surface area (Å²) in [5.41, 5.74) is 5.16. The van der Waals surface area contributed by atoms with Crippen LogP contribution in [0.25, 0.3) is 0 Å². The van der Waals surface area contributed by atoms with Crippen LogP contribution in [0.2, 0.25) is 0 Å². The number of primary amides is 1. The standard InChI is InChI=1S/C14H28N2O4/c1-3-8-19-9-10-20-11-13(17)16-7-5-4-6-12(2)14(15)18/h12H,3-11H2,1-2H3,(H2,15,18)(H,16,17)/t12-/m0/s1. The Morgan fingerprint density at radius 3 is 2.50 bits per heavy atom. The minimum Gasteiger partial charge on any atom is -0.379 e. The summed E-state index contributed by atoms with van der Waals surface area (Å²) in [5, 5.41) is 2.77. The molecule has 0 rings (SSSR count). The zero-order chi connectivity index (χ0) is 15.2. The minimum absolute atomic E-state index is 0.0627.